The van der Waals surface area contributed by atoms with Crippen LogP contribution >= 0.6 is 23.1 Å². The minimum Gasteiger partial charge on any atom is -0.497 e. The molecule has 3 heterocycles. The van der Waals surface area contributed by atoms with Gasteiger partial charge in [0.25, 0.3) is 11.8 Å². The number of rotatable bonds is 13. The number of nitrogens with zero attached hydrogens (tertiary/aromatic N) is 5. The number of hydrogen-bond donors (Lipinski definition) is 1. The molecule has 0 fully saturated rings. The van der Waals surface area contributed by atoms with Gasteiger partial charge in [-0.15, -0.1) is 21.5 Å². The quantitative estimate of drug-likeness (QED) is 0.153. The molecule has 0 bridgehead atoms. The molecule has 0 saturated carbocycles. The van der Waals surface area contributed by atoms with Crippen LogP contribution in [0.25, 0.3) is 5.69 Å². The Labute approximate surface area is 291 Å². The van der Waals surface area contributed by atoms with E-state index in [0.29, 0.717) is 45.9 Å². The molecule has 0 spiro atoms. The topological polar surface area (TPSA) is 129 Å². The molecule has 252 valence electrons. The van der Waals surface area contributed by atoms with Crippen LogP contribution in [0.3, 0.4) is 0 Å². The lowest BCUT2D eigenvalue weighted by Gasteiger charge is -2.22. The van der Waals surface area contributed by atoms with E-state index >= 15 is 0 Å². The fourth-order valence-electron chi connectivity index (χ4n) is 5.37. The summed E-state index contributed by atoms with van der Waals surface area (Å²) >= 11 is 2.82. The zero-order chi connectivity index (χ0) is 34.3. The predicted octanol–water partition coefficient (Wildman–Crippen LogP) is 5.76. The minimum atomic E-state index is -0.353. The number of hydrogen-bond acceptors (Lipinski definition) is 11. The van der Waals surface area contributed by atoms with Crippen molar-refractivity contribution in [3.05, 3.63) is 106 Å². The summed E-state index contributed by atoms with van der Waals surface area (Å²) in [5, 5.41) is 20.6. The van der Waals surface area contributed by atoms with Crippen LogP contribution in [0.4, 0.5) is 0 Å². The molecule has 0 radical (unpaired) electrons. The Hall–Kier alpha value is -5.34. The third-order valence-electron chi connectivity index (χ3n) is 7.84. The molecule has 1 unspecified atom stereocenters. The highest BCUT2D eigenvalue weighted by Gasteiger charge is 2.34. The van der Waals surface area contributed by atoms with E-state index in [2.05, 4.69) is 15.5 Å². The molecule has 0 aliphatic carbocycles. The van der Waals surface area contributed by atoms with Crippen molar-refractivity contribution in [1.29, 1.82) is 0 Å². The van der Waals surface area contributed by atoms with Crippen LogP contribution in [0.2, 0.25) is 0 Å². The monoisotopic (exact) mass is 698 g/mol. The van der Waals surface area contributed by atoms with Crippen LogP contribution in [0.5, 0.6) is 23.0 Å². The van der Waals surface area contributed by atoms with Gasteiger partial charge in [-0.3, -0.25) is 14.2 Å². The van der Waals surface area contributed by atoms with Crippen LogP contribution in [0.1, 0.15) is 39.1 Å². The molecule has 49 heavy (non-hydrogen) atoms. The molecule has 12 nitrogen and oxygen atoms in total. The highest BCUT2D eigenvalue weighted by molar-refractivity contribution is 7.99. The van der Waals surface area contributed by atoms with Crippen molar-refractivity contribution in [3.8, 4) is 28.7 Å². The molecular formula is C35H34N6O6S2. The molecule has 1 aliphatic rings. The molecular weight excluding hydrogens is 665 g/mol. The molecule has 2 aromatic heterocycles. The second-order valence-corrected chi connectivity index (χ2v) is 12.6. The van der Waals surface area contributed by atoms with E-state index < -0.39 is 0 Å². The summed E-state index contributed by atoms with van der Waals surface area (Å²) in [6.07, 6.45) is 0.587. The molecule has 14 heteroatoms. The first kappa shape index (κ1) is 33.6. The van der Waals surface area contributed by atoms with Crippen molar-refractivity contribution in [1.82, 2.24) is 25.1 Å². The van der Waals surface area contributed by atoms with Gasteiger partial charge in [0, 0.05) is 18.1 Å². The van der Waals surface area contributed by atoms with Crippen molar-refractivity contribution in [2.24, 2.45) is 5.10 Å². The summed E-state index contributed by atoms with van der Waals surface area (Å²) in [5.41, 5.74) is 2.84. The number of benzene rings is 3. The molecule has 0 saturated heterocycles. The van der Waals surface area contributed by atoms with Gasteiger partial charge in [0.05, 0.1) is 63.1 Å². The van der Waals surface area contributed by atoms with E-state index in [-0.39, 0.29) is 30.2 Å². The summed E-state index contributed by atoms with van der Waals surface area (Å²) in [6.45, 7) is 0.0397. The molecule has 2 amide bonds. The van der Waals surface area contributed by atoms with Gasteiger partial charge in [-0.05, 0) is 53.4 Å². The average Bonchev–Trinajstić information content (AvgIpc) is 3.93. The highest BCUT2D eigenvalue weighted by atomic mass is 32.2. The van der Waals surface area contributed by atoms with E-state index in [9.17, 15) is 9.59 Å². The Balaban J connectivity index is 1.25. The third-order valence-corrected chi connectivity index (χ3v) is 9.68. The fraction of sp³-hybridized carbons (Fsp3) is 0.229. The van der Waals surface area contributed by atoms with Gasteiger partial charge in [0.15, 0.2) is 11.0 Å². The second-order valence-electron chi connectivity index (χ2n) is 10.7. The number of para-hydroxylation sites is 2. The first-order valence-corrected chi connectivity index (χ1v) is 17.1. The number of ether oxygens (including phenoxy) is 4. The van der Waals surface area contributed by atoms with Gasteiger partial charge >= 0.3 is 0 Å². The number of thioether (sulfide) groups is 1. The lowest BCUT2D eigenvalue weighted by atomic mass is 10.0. The van der Waals surface area contributed by atoms with Gasteiger partial charge in [-0.25, -0.2) is 5.01 Å². The van der Waals surface area contributed by atoms with Crippen molar-refractivity contribution in [2.45, 2.75) is 24.2 Å². The molecule has 1 atom stereocenters. The van der Waals surface area contributed by atoms with Crippen molar-refractivity contribution in [3.63, 3.8) is 0 Å². The molecule has 1 aliphatic heterocycles. The number of methoxy groups -OCH3 is 4. The number of carbonyl (C=O) groups is 2. The number of aromatic nitrogens is 3. The first-order chi connectivity index (χ1) is 23.9. The van der Waals surface area contributed by atoms with Crippen LogP contribution in [0.15, 0.2) is 94.5 Å². The lowest BCUT2D eigenvalue weighted by Crippen LogP contribution is -2.28. The van der Waals surface area contributed by atoms with Gasteiger partial charge in [-0.1, -0.05) is 42.1 Å². The summed E-state index contributed by atoms with van der Waals surface area (Å²) in [6, 6.07) is 23.8. The maximum atomic E-state index is 13.9. The fourth-order valence-corrected chi connectivity index (χ4v) is 6.91. The zero-order valence-electron chi connectivity index (χ0n) is 27.3. The Morgan fingerprint density at radius 2 is 1.61 bits per heavy atom. The second kappa shape index (κ2) is 15.3. The SMILES string of the molecule is COc1ccc(C2CC(c3cccs3)=NN2C(=O)CSc2nnc(CNC(=O)c3cc(OC)cc(OC)c3)n2-c2ccccc2OC)cc1. The molecule has 5 aromatic rings. The number of nitrogens with one attached hydrogen (secondary N) is 1. The molecule has 1 N–H and O–H groups in total. The average molecular weight is 699 g/mol. The summed E-state index contributed by atoms with van der Waals surface area (Å²) in [7, 11) is 6.24. The van der Waals surface area contributed by atoms with Gasteiger partial charge in [0.1, 0.15) is 23.0 Å². The number of hydrazone groups is 1. The van der Waals surface area contributed by atoms with Crippen LogP contribution < -0.4 is 24.3 Å². The maximum Gasteiger partial charge on any atom is 0.253 e. The van der Waals surface area contributed by atoms with Crippen LogP contribution in [-0.2, 0) is 11.3 Å². The van der Waals surface area contributed by atoms with E-state index in [1.807, 2.05) is 66.0 Å². The number of amides is 2. The zero-order valence-corrected chi connectivity index (χ0v) is 28.9. The normalized spacial score (nSPS) is 13.9. The van der Waals surface area contributed by atoms with Gasteiger partial charge < -0.3 is 24.3 Å². The number of carbonyl (C=O) groups excluding carboxylic acids is 2. The first-order valence-electron chi connectivity index (χ1n) is 15.2. The van der Waals surface area contributed by atoms with Crippen LogP contribution in [-0.4, -0.2) is 71.5 Å². The summed E-state index contributed by atoms with van der Waals surface area (Å²) in [5.74, 6) is 2.23. The Kier molecular flexibility index (Phi) is 10.4. The Bertz CT molecular complexity index is 1940. The van der Waals surface area contributed by atoms with Crippen molar-refractivity contribution in [2.75, 3.05) is 34.2 Å². The largest absolute Gasteiger partial charge is 0.497 e. The minimum absolute atomic E-state index is 0.0388. The predicted molar refractivity (Wildman–Crippen MR) is 187 cm³/mol. The van der Waals surface area contributed by atoms with E-state index in [1.165, 1.54) is 26.0 Å². The number of thiophene rings is 1. The molecule has 6 rings (SSSR count). The lowest BCUT2D eigenvalue weighted by molar-refractivity contribution is -0.130. The van der Waals surface area contributed by atoms with Crippen molar-refractivity contribution >= 4 is 40.6 Å². The Morgan fingerprint density at radius 1 is 0.878 bits per heavy atom. The van der Waals surface area contributed by atoms with E-state index in [1.54, 1.807) is 53.3 Å². The van der Waals surface area contributed by atoms with Gasteiger partial charge in [0.2, 0.25) is 0 Å². The summed E-state index contributed by atoms with van der Waals surface area (Å²) < 4.78 is 23.4. The molecule has 3 aromatic carbocycles. The summed E-state index contributed by atoms with van der Waals surface area (Å²) in [4.78, 5) is 28.1. The van der Waals surface area contributed by atoms with E-state index in [4.69, 9.17) is 24.0 Å². The van der Waals surface area contributed by atoms with Gasteiger partial charge in [-0.2, -0.15) is 5.10 Å². The smallest absolute Gasteiger partial charge is 0.253 e. The van der Waals surface area contributed by atoms with Crippen LogP contribution in [0, 0.1) is 0 Å². The Morgan fingerprint density at radius 3 is 2.29 bits per heavy atom. The third kappa shape index (κ3) is 7.39. The van der Waals surface area contributed by atoms with Crippen molar-refractivity contribution < 1.29 is 28.5 Å². The maximum absolute atomic E-state index is 13.9. The standard InChI is InChI=1S/C35H34N6O6S2/c1-44-24-13-11-22(12-14-24)29-19-27(31-10-7-15-48-31)39-41(29)33(42)21-49-35-38-37-32(40(35)28-8-5-6-9-30(28)47-4)20-36-34(43)23-16-25(45-2)18-26(17-23)46-3/h5-18,29H,19-21H2,1-4H3,(H,36,43). The van der Waals surface area contributed by atoms with E-state index in [0.717, 1.165) is 21.9 Å². The highest BCUT2D eigenvalue weighted by Crippen LogP contribution is 2.36.